The van der Waals surface area contributed by atoms with Crippen molar-refractivity contribution >= 4 is 22.5 Å². The summed E-state index contributed by atoms with van der Waals surface area (Å²) in [6.45, 7) is 0.791. The van der Waals surface area contributed by atoms with Crippen LogP contribution in [0, 0.1) is 0 Å². The summed E-state index contributed by atoms with van der Waals surface area (Å²) < 4.78 is 0. The molecule has 0 aliphatic rings. The first-order chi connectivity index (χ1) is 6.31. The molecule has 0 atom stereocenters. The van der Waals surface area contributed by atoms with Gasteiger partial charge in [-0.1, -0.05) is 11.6 Å². The van der Waals surface area contributed by atoms with Crippen molar-refractivity contribution in [2.24, 2.45) is 0 Å². The standard InChI is InChI=1S/C9H10ClN3/c1-11-4-6-2-8(10)3-7-5-12-13-9(6)7/h2-3,5,11H,4H2,1H3,(H,12,13). The number of H-pyrrole nitrogens is 1. The van der Waals surface area contributed by atoms with E-state index in [0.29, 0.717) is 0 Å². The Balaban J connectivity index is 2.63. The Morgan fingerprint density at radius 2 is 2.38 bits per heavy atom. The Kier molecular flexibility index (Phi) is 2.20. The van der Waals surface area contributed by atoms with Crippen molar-refractivity contribution < 1.29 is 0 Å². The van der Waals surface area contributed by atoms with Crippen molar-refractivity contribution in [1.82, 2.24) is 15.5 Å². The molecule has 0 spiro atoms. The summed E-state index contributed by atoms with van der Waals surface area (Å²) in [5.41, 5.74) is 2.20. The lowest BCUT2D eigenvalue weighted by atomic mass is 10.1. The van der Waals surface area contributed by atoms with Gasteiger partial charge in [-0.15, -0.1) is 0 Å². The van der Waals surface area contributed by atoms with Gasteiger partial charge in [0.05, 0.1) is 11.7 Å². The summed E-state index contributed by atoms with van der Waals surface area (Å²) in [5, 5.41) is 11.8. The van der Waals surface area contributed by atoms with E-state index in [9.17, 15) is 0 Å². The van der Waals surface area contributed by atoms with E-state index in [4.69, 9.17) is 11.6 Å². The molecular weight excluding hydrogens is 186 g/mol. The smallest absolute Gasteiger partial charge is 0.0696 e. The van der Waals surface area contributed by atoms with E-state index in [2.05, 4.69) is 15.5 Å². The first kappa shape index (κ1) is 8.53. The number of benzene rings is 1. The molecule has 13 heavy (non-hydrogen) atoms. The lowest BCUT2D eigenvalue weighted by molar-refractivity contribution is 0.821. The summed E-state index contributed by atoms with van der Waals surface area (Å²) in [6, 6.07) is 3.85. The van der Waals surface area contributed by atoms with Crippen LogP contribution in [-0.2, 0) is 6.54 Å². The van der Waals surface area contributed by atoms with Gasteiger partial charge in [0.2, 0.25) is 0 Å². The second kappa shape index (κ2) is 3.36. The van der Waals surface area contributed by atoms with Crippen LogP contribution < -0.4 is 5.32 Å². The van der Waals surface area contributed by atoms with Crippen LogP contribution in [0.25, 0.3) is 10.9 Å². The molecule has 4 heteroatoms. The van der Waals surface area contributed by atoms with Gasteiger partial charge in [-0.3, -0.25) is 5.10 Å². The van der Waals surface area contributed by atoms with Gasteiger partial charge < -0.3 is 5.32 Å². The molecule has 0 bridgehead atoms. The van der Waals surface area contributed by atoms with Crippen LogP contribution in [0.15, 0.2) is 18.3 Å². The van der Waals surface area contributed by atoms with E-state index < -0.39 is 0 Å². The summed E-state index contributed by atoms with van der Waals surface area (Å²) in [5.74, 6) is 0. The highest BCUT2D eigenvalue weighted by atomic mass is 35.5. The minimum Gasteiger partial charge on any atom is -0.316 e. The molecule has 0 aliphatic heterocycles. The van der Waals surface area contributed by atoms with Crippen LogP contribution >= 0.6 is 11.6 Å². The summed E-state index contributed by atoms with van der Waals surface area (Å²) in [6.07, 6.45) is 1.78. The number of aromatic nitrogens is 2. The van der Waals surface area contributed by atoms with E-state index in [0.717, 1.165) is 28.0 Å². The number of halogens is 1. The van der Waals surface area contributed by atoms with E-state index >= 15 is 0 Å². The number of hydrogen-bond acceptors (Lipinski definition) is 2. The maximum absolute atomic E-state index is 5.95. The average molecular weight is 196 g/mol. The Morgan fingerprint density at radius 1 is 1.54 bits per heavy atom. The predicted octanol–water partition coefficient (Wildman–Crippen LogP) is 1.94. The fourth-order valence-corrected chi connectivity index (χ4v) is 1.67. The third-order valence-electron chi connectivity index (χ3n) is 1.96. The van der Waals surface area contributed by atoms with Crippen molar-refractivity contribution in [1.29, 1.82) is 0 Å². The number of nitrogens with zero attached hydrogens (tertiary/aromatic N) is 1. The largest absolute Gasteiger partial charge is 0.316 e. The van der Waals surface area contributed by atoms with Crippen LogP contribution in [0.1, 0.15) is 5.56 Å². The van der Waals surface area contributed by atoms with E-state index in [1.807, 2.05) is 19.2 Å². The zero-order valence-electron chi connectivity index (χ0n) is 7.26. The molecule has 1 aromatic carbocycles. The molecule has 3 nitrogen and oxygen atoms in total. The lowest BCUT2D eigenvalue weighted by Gasteiger charge is -2.02. The topological polar surface area (TPSA) is 40.7 Å². The van der Waals surface area contributed by atoms with Crippen molar-refractivity contribution in [3.63, 3.8) is 0 Å². The first-order valence-electron chi connectivity index (χ1n) is 4.07. The van der Waals surface area contributed by atoms with Crippen molar-refractivity contribution in [2.45, 2.75) is 6.54 Å². The molecule has 0 unspecified atom stereocenters. The second-order valence-electron chi connectivity index (χ2n) is 2.93. The summed E-state index contributed by atoms with van der Waals surface area (Å²) >= 11 is 5.95. The Bertz CT molecular complexity index is 422. The number of fused-ring (bicyclic) bond motifs is 1. The van der Waals surface area contributed by atoms with Crippen molar-refractivity contribution in [2.75, 3.05) is 7.05 Å². The molecule has 0 aliphatic carbocycles. The van der Waals surface area contributed by atoms with Gasteiger partial charge in [0.1, 0.15) is 0 Å². The van der Waals surface area contributed by atoms with Gasteiger partial charge in [0.15, 0.2) is 0 Å². The normalized spacial score (nSPS) is 10.9. The molecule has 0 saturated heterocycles. The van der Waals surface area contributed by atoms with E-state index in [-0.39, 0.29) is 0 Å². The fraction of sp³-hybridized carbons (Fsp3) is 0.222. The third-order valence-corrected chi connectivity index (χ3v) is 2.18. The Labute approximate surface area is 81.1 Å². The maximum Gasteiger partial charge on any atom is 0.0696 e. The highest BCUT2D eigenvalue weighted by Gasteiger charge is 2.03. The minimum absolute atomic E-state index is 0.749. The van der Waals surface area contributed by atoms with Crippen molar-refractivity contribution in [3.05, 3.63) is 28.9 Å². The van der Waals surface area contributed by atoms with Gasteiger partial charge in [-0.05, 0) is 24.7 Å². The van der Waals surface area contributed by atoms with Gasteiger partial charge in [0, 0.05) is 17.0 Å². The number of rotatable bonds is 2. The van der Waals surface area contributed by atoms with Crippen LogP contribution in [0.3, 0.4) is 0 Å². The Morgan fingerprint density at radius 3 is 3.15 bits per heavy atom. The highest BCUT2D eigenvalue weighted by Crippen LogP contribution is 2.21. The molecule has 68 valence electrons. The van der Waals surface area contributed by atoms with Gasteiger partial charge in [0.25, 0.3) is 0 Å². The number of aromatic amines is 1. The minimum atomic E-state index is 0.749. The van der Waals surface area contributed by atoms with Crippen molar-refractivity contribution in [3.8, 4) is 0 Å². The molecule has 0 radical (unpaired) electrons. The van der Waals surface area contributed by atoms with Gasteiger partial charge >= 0.3 is 0 Å². The average Bonchev–Trinajstić information content (AvgIpc) is 2.52. The van der Waals surface area contributed by atoms with E-state index in [1.165, 1.54) is 0 Å². The molecule has 1 heterocycles. The van der Waals surface area contributed by atoms with Gasteiger partial charge in [-0.2, -0.15) is 5.10 Å². The molecule has 2 N–H and O–H groups in total. The van der Waals surface area contributed by atoms with Crippen LogP contribution in [0.2, 0.25) is 5.02 Å². The van der Waals surface area contributed by atoms with Crippen LogP contribution in [0.4, 0.5) is 0 Å². The zero-order chi connectivity index (χ0) is 9.26. The predicted molar refractivity (Wildman–Crippen MR) is 53.9 cm³/mol. The molecule has 2 aromatic rings. The van der Waals surface area contributed by atoms with Gasteiger partial charge in [-0.25, -0.2) is 0 Å². The number of nitrogens with one attached hydrogen (secondary N) is 2. The van der Waals surface area contributed by atoms with E-state index in [1.54, 1.807) is 6.20 Å². The summed E-state index contributed by atoms with van der Waals surface area (Å²) in [7, 11) is 1.91. The monoisotopic (exact) mass is 195 g/mol. The number of hydrogen-bond donors (Lipinski definition) is 2. The quantitative estimate of drug-likeness (QED) is 0.769. The lowest BCUT2D eigenvalue weighted by Crippen LogP contribution is -2.05. The first-order valence-corrected chi connectivity index (χ1v) is 4.45. The molecule has 0 saturated carbocycles. The fourth-order valence-electron chi connectivity index (χ4n) is 1.42. The third kappa shape index (κ3) is 1.53. The molecule has 2 rings (SSSR count). The summed E-state index contributed by atoms with van der Waals surface area (Å²) in [4.78, 5) is 0. The highest BCUT2D eigenvalue weighted by molar-refractivity contribution is 6.31. The SMILES string of the molecule is CNCc1cc(Cl)cc2cn[nH]c12. The molecular formula is C9H10ClN3. The Hall–Kier alpha value is -1.06. The zero-order valence-corrected chi connectivity index (χ0v) is 8.02. The second-order valence-corrected chi connectivity index (χ2v) is 3.37. The molecule has 1 aromatic heterocycles. The molecule has 0 fully saturated rings. The maximum atomic E-state index is 5.95. The van der Waals surface area contributed by atoms with Crippen LogP contribution in [-0.4, -0.2) is 17.2 Å². The molecule has 0 amide bonds. The van der Waals surface area contributed by atoms with Crippen LogP contribution in [0.5, 0.6) is 0 Å².